The van der Waals surface area contributed by atoms with Gasteiger partial charge < -0.3 is 10.1 Å². The van der Waals surface area contributed by atoms with Crippen LogP contribution in [0.2, 0.25) is 0 Å². The van der Waals surface area contributed by atoms with Gasteiger partial charge in [0.25, 0.3) is 11.8 Å². The first-order valence-corrected chi connectivity index (χ1v) is 6.86. The summed E-state index contributed by atoms with van der Waals surface area (Å²) < 4.78 is 5.32. The molecule has 1 aromatic rings. The fraction of sp³-hybridized carbons (Fsp3) is 0.467. The quantitative estimate of drug-likeness (QED) is 0.748. The molecule has 0 aliphatic carbocycles. The summed E-state index contributed by atoms with van der Waals surface area (Å²) in [7, 11) is 1.35. The van der Waals surface area contributed by atoms with Crippen LogP contribution in [0.3, 0.4) is 0 Å². The van der Waals surface area contributed by atoms with Gasteiger partial charge in [0.05, 0.1) is 13.7 Å². The summed E-state index contributed by atoms with van der Waals surface area (Å²) in [5.41, 5.74) is 2.70. The Morgan fingerprint density at radius 1 is 1.19 bits per heavy atom. The van der Waals surface area contributed by atoms with Crippen LogP contribution in [0.1, 0.15) is 31.1 Å². The van der Waals surface area contributed by atoms with Crippen molar-refractivity contribution >= 4 is 11.8 Å². The highest BCUT2D eigenvalue weighted by Crippen LogP contribution is 2.12. The van der Waals surface area contributed by atoms with E-state index in [2.05, 4.69) is 15.6 Å². The SMILES string of the molecule is CCOc1ccc(C(=O)NC(C(=O)NOC)C(C)C)cc1. The third kappa shape index (κ3) is 5.07. The largest absolute Gasteiger partial charge is 0.494 e. The molecule has 0 bridgehead atoms. The molecule has 2 N–H and O–H groups in total. The molecule has 1 atom stereocenters. The molecule has 0 aliphatic rings. The molecule has 116 valence electrons. The van der Waals surface area contributed by atoms with Crippen molar-refractivity contribution in [3.8, 4) is 5.75 Å². The lowest BCUT2D eigenvalue weighted by molar-refractivity contribution is -0.134. The normalized spacial score (nSPS) is 11.9. The van der Waals surface area contributed by atoms with E-state index in [0.717, 1.165) is 0 Å². The molecule has 6 heteroatoms. The Balaban J connectivity index is 2.75. The van der Waals surface area contributed by atoms with Gasteiger partial charge in [-0.1, -0.05) is 13.8 Å². The molecular weight excluding hydrogens is 272 g/mol. The number of ether oxygens (including phenoxy) is 1. The number of hydrogen-bond acceptors (Lipinski definition) is 4. The summed E-state index contributed by atoms with van der Waals surface area (Å²) in [5, 5.41) is 2.70. The number of benzene rings is 1. The second-order valence-electron chi connectivity index (χ2n) is 4.82. The lowest BCUT2D eigenvalue weighted by Gasteiger charge is -2.21. The zero-order valence-corrected chi connectivity index (χ0v) is 12.8. The van der Waals surface area contributed by atoms with Crippen molar-refractivity contribution in [2.75, 3.05) is 13.7 Å². The van der Waals surface area contributed by atoms with Crippen LogP contribution in [-0.2, 0) is 9.63 Å². The average molecular weight is 294 g/mol. The molecular formula is C15H22N2O4. The minimum absolute atomic E-state index is 0.0632. The van der Waals surface area contributed by atoms with E-state index in [1.54, 1.807) is 24.3 Å². The molecule has 0 saturated carbocycles. The zero-order valence-electron chi connectivity index (χ0n) is 12.8. The van der Waals surface area contributed by atoms with Gasteiger partial charge in [0.1, 0.15) is 11.8 Å². The van der Waals surface area contributed by atoms with E-state index in [4.69, 9.17) is 4.74 Å². The van der Waals surface area contributed by atoms with Gasteiger partial charge in [-0.2, -0.15) is 0 Å². The molecule has 0 aromatic heterocycles. The third-order valence-electron chi connectivity index (χ3n) is 2.87. The first kappa shape index (κ1) is 17.0. The summed E-state index contributed by atoms with van der Waals surface area (Å²) >= 11 is 0. The van der Waals surface area contributed by atoms with Crippen molar-refractivity contribution in [1.29, 1.82) is 0 Å². The van der Waals surface area contributed by atoms with Crippen molar-refractivity contribution in [2.45, 2.75) is 26.8 Å². The second kappa shape index (κ2) is 8.26. The van der Waals surface area contributed by atoms with Gasteiger partial charge in [0, 0.05) is 5.56 Å². The Bertz CT molecular complexity index is 471. The molecule has 6 nitrogen and oxygen atoms in total. The molecule has 1 aromatic carbocycles. The van der Waals surface area contributed by atoms with Crippen LogP contribution in [0.4, 0.5) is 0 Å². The highest BCUT2D eigenvalue weighted by Gasteiger charge is 2.24. The minimum atomic E-state index is -0.663. The van der Waals surface area contributed by atoms with Crippen LogP contribution >= 0.6 is 0 Å². The summed E-state index contributed by atoms with van der Waals surface area (Å²) in [6.45, 7) is 6.15. The summed E-state index contributed by atoms with van der Waals surface area (Å²) in [6, 6.07) is 6.09. The molecule has 1 rings (SSSR count). The summed E-state index contributed by atoms with van der Waals surface area (Å²) in [4.78, 5) is 28.6. The van der Waals surface area contributed by atoms with Gasteiger partial charge in [-0.25, -0.2) is 5.48 Å². The number of amides is 2. The van der Waals surface area contributed by atoms with E-state index in [9.17, 15) is 9.59 Å². The smallest absolute Gasteiger partial charge is 0.266 e. The van der Waals surface area contributed by atoms with Crippen LogP contribution in [0.5, 0.6) is 5.75 Å². The number of carbonyl (C=O) groups excluding carboxylic acids is 2. The maximum atomic E-state index is 12.2. The van der Waals surface area contributed by atoms with Crippen LogP contribution in [0, 0.1) is 5.92 Å². The van der Waals surface area contributed by atoms with Gasteiger partial charge in [0.2, 0.25) is 0 Å². The van der Waals surface area contributed by atoms with Crippen molar-refractivity contribution < 1.29 is 19.2 Å². The fourth-order valence-corrected chi connectivity index (χ4v) is 1.79. The van der Waals surface area contributed by atoms with Crippen LogP contribution in [-0.4, -0.2) is 31.6 Å². The average Bonchev–Trinajstić information content (AvgIpc) is 2.45. The minimum Gasteiger partial charge on any atom is -0.494 e. The van der Waals surface area contributed by atoms with E-state index in [1.165, 1.54) is 7.11 Å². The Labute approximate surface area is 124 Å². The standard InChI is InChI=1S/C15H22N2O4/c1-5-21-12-8-6-11(7-9-12)14(18)16-13(10(2)3)15(19)17-20-4/h6-10,13H,5H2,1-4H3,(H,16,18)(H,17,19). The third-order valence-corrected chi connectivity index (χ3v) is 2.87. The lowest BCUT2D eigenvalue weighted by Crippen LogP contribution is -2.49. The molecule has 0 radical (unpaired) electrons. The molecule has 0 aliphatic heterocycles. The summed E-state index contributed by atoms with van der Waals surface area (Å²) in [5.74, 6) is -0.0619. The van der Waals surface area contributed by atoms with Crippen molar-refractivity contribution in [1.82, 2.24) is 10.8 Å². The van der Waals surface area contributed by atoms with Crippen LogP contribution in [0.25, 0.3) is 0 Å². The Kier molecular flexibility index (Phi) is 6.68. The van der Waals surface area contributed by atoms with Gasteiger partial charge in [-0.05, 0) is 37.1 Å². The van der Waals surface area contributed by atoms with E-state index < -0.39 is 6.04 Å². The second-order valence-corrected chi connectivity index (χ2v) is 4.82. The Morgan fingerprint density at radius 3 is 2.29 bits per heavy atom. The first-order valence-electron chi connectivity index (χ1n) is 6.86. The molecule has 2 amide bonds. The molecule has 0 spiro atoms. The topological polar surface area (TPSA) is 76.7 Å². The monoisotopic (exact) mass is 294 g/mol. The summed E-state index contributed by atoms with van der Waals surface area (Å²) in [6.07, 6.45) is 0. The van der Waals surface area contributed by atoms with Crippen molar-refractivity contribution in [3.63, 3.8) is 0 Å². The van der Waals surface area contributed by atoms with Crippen LogP contribution in [0.15, 0.2) is 24.3 Å². The van der Waals surface area contributed by atoms with E-state index in [-0.39, 0.29) is 17.7 Å². The molecule has 1 unspecified atom stereocenters. The predicted octanol–water partition coefficient (Wildman–Crippen LogP) is 1.52. The number of nitrogens with one attached hydrogen (secondary N) is 2. The van der Waals surface area contributed by atoms with Gasteiger partial charge >= 0.3 is 0 Å². The Morgan fingerprint density at radius 2 is 1.81 bits per heavy atom. The predicted molar refractivity (Wildman–Crippen MR) is 78.9 cm³/mol. The molecule has 0 fully saturated rings. The van der Waals surface area contributed by atoms with Gasteiger partial charge in [-0.3, -0.25) is 14.4 Å². The zero-order chi connectivity index (χ0) is 15.8. The van der Waals surface area contributed by atoms with E-state index >= 15 is 0 Å². The number of carbonyl (C=O) groups is 2. The number of hydroxylamine groups is 1. The first-order chi connectivity index (χ1) is 9.99. The molecule has 0 heterocycles. The number of rotatable bonds is 7. The highest BCUT2D eigenvalue weighted by molar-refractivity contribution is 5.97. The van der Waals surface area contributed by atoms with E-state index in [0.29, 0.717) is 17.9 Å². The maximum Gasteiger partial charge on any atom is 0.266 e. The van der Waals surface area contributed by atoms with Crippen molar-refractivity contribution in [2.24, 2.45) is 5.92 Å². The van der Waals surface area contributed by atoms with Crippen molar-refractivity contribution in [3.05, 3.63) is 29.8 Å². The van der Waals surface area contributed by atoms with Crippen LogP contribution < -0.4 is 15.5 Å². The Hall–Kier alpha value is -2.08. The maximum absolute atomic E-state index is 12.2. The molecule has 0 saturated heterocycles. The van der Waals surface area contributed by atoms with E-state index in [1.807, 2.05) is 20.8 Å². The highest BCUT2D eigenvalue weighted by atomic mass is 16.6. The van der Waals surface area contributed by atoms with Gasteiger partial charge in [0.15, 0.2) is 0 Å². The fourth-order valence-electron chi connectivity index (χ4n) is 1.79. The molecule has 21 heavy (non-hydrogen) atoms. The number of hydrogen-bond donors (Lipinski definition) is 2. The van der Waals surface area contributed by atoms with Gasteiger partial charge in [-0.15, -0.1) is 0 Å². The lowest BCUT2D eigenvalue weighted by atomic mass is 10.0.